The van der Waals surface area contributed by atoms with Crippen LogP contribution in [0.3, 0.4) is 0 Å². The van der Waals surface area contributed by atoms with E-state index in [9.17, 15) is 0 Å². The van der Waals surface area contributed by atoms with Crippen LogP contribution < -0.4 is 5.73 Å². The van der Waals surface area contributed by atoms with Crippen LogP contribution in [0, 0.1) is 13.8 Å². The summed E-state index contributed by atoms with van der Waals surface area (Å²) in [4.78, 5) is 4.78. The minimum Gasteiger partial charge on any atom is -0.325 e. The van der Waals surface area contributed by atoms with Crippen molar-refractivity contribution in [1.82, 2.24) is 9.38 Å². The number of rotatable bonds is 3. The lowest BCUT2D eigenvalue weighted by Crippen LogP contribution is -2.04. The van der Waals surface area contributed by atoms with Crippen molar-refractivity contribution < 1.29 is 0 Å². The van der Waals surface area contributed by atoms with Crippen molar-refractivity contribution in [3.05, 3.63) is 70.7 Å². The van der Waals surface area contributed by atoms with Gasteiger partial charge in [0.05, 0.1) is 11.4 Å². The van der Waals surface area contributed by atoms with Crippen LogP contribution in [0.15, 0.2) is 42.6 Å². The second-order valence-electron chi connectivity index (χ2n) is 5.26. The Hall–Kier alpha value is -2.13. The van der Waals surface area contributed by atoms with Crippen LogP contribution in [0.1, 0.15) is 28.1 Å². The Morgan fingerprint density at radius 3 is 2.55 bits per heavy atom. The Bertz CT molecular complexity index is 739. The van der Waals surface area contributed by atoms with Gasteiger partial charge in [-0.2, -0.15) is 0 Å². The highest BCUT2D eigenvalue weighted by atomic mass is 15.0. The summed E-state index contributed by atoms with van der Waals surface area (Å²) in [5.74, 6) is 0. The molecule has 0 unspecified atom stereocenters. The van der Waals surface area contributed by atoms with Gasteiger partial charge in [-0.05, 0) is 31.0 Å². The maximum Gasteiger partial charge on any atom is 0.140 e. The van der Waals surface area contributed by atoms with Gasteiger partial charge in [0.1, 0.15) is 5.65 Å². The van der Waals surface area contributed by atoms with E-state index < -0.39 is 0 Å². The van der Waals surface area contributed by atoms with Gasteiger partial charge in [0.25, 0.3) is 0 Å². The van der Waals surface area contributed by atoms with Crippen LogP contribution in [-0.2, 0) is 13.0 Å². The molecule has 0 saturated carbocycles. The maximum absolute atomic E-state index is 5.93. The van der Waals surface area contributed by atoms with Gasteiger partial charge in [0, 0.05) is 19.2 Å². The number of nitrogens with zero attached hydrogens (tertiary/aromatic N) is 2. The zero-order chi connectivity index (χ0) is 14.1. The summed E-state index contributed by atoms with van der Waals surface area (Å²) in [7, 11) is 0. The number of nitrogens with two attached hydrogens (primary N) is 1. The first kappa shape index (κ1) is 12.9. The highest BCUT2D eigenvalue weighted by molar-refractivity contribution is 5.51. The second-order valence-corrected chi connectivity index (χ2v) is 5.26. The number of pyridine rings is 1. The largest absolute Gasteiger partial charge is 0.325 e. The van der Waals surface area contributed by atoms with Crippen LogP contribution in [0.2, 0.25) is 0 Å². The van der Waals surface area contributed by atoms with E-state index in [0.29, 0.717) is 6.54 Å². The van der Waals surface area contributed by atoms with E-state index in [-0.39, 0.29) is 0 Å². The van der Waals surface area contributed by atoms with E-state index >= 15 is 0 Å². The van der Waals surface area contributed by atoms with Crippen LogP contribution >= 0.6 is 0 Å². The number of benzene rings is 1. The standard InChI is InChI=1S/C17H19N3/c1-12-5-7-14(8-6-12)10-15-16(11-18)20-9-3-4-13(2)17(20)19-15/h3-9H,10-11,18H2,1-2H3. The fraction of sp³-hybridized carbons (Fsp3) is 0.235. The van der Waals surface area contributed by atoms with E-state index in [1.807, 2.05) is 12.3 Å². The van der Waals surface area contributed by atoms with Crippen molar-refractivity contribution >= 4 is 5.65 Å². The molecule has 0 bridgehead atoms. The summed E-state index contributed by atoms with van der Waals surface area (Å²) in [6.45, 7) is 4.69. The maximum atomic E-state index is 5.93. The van der Waals surface area contributed by atoms with E-state index in [1.165, 1.54) is 16.7 Å². The van der Waals surface area contributed by atoms with E-state index in [4.69, 9.17) is 10.7 Å². The Labute approximate surface area is 119 Å². The van der Waals surface area contributed by atoms with Crippen LogP contribution in [0.5, 0.6) is 0 Å². The summed E-state index contributed by atoms with van der Waals surface area (Å²) < 4.78 is 2.11. The molecule has 0 atom stereocenters. The lowest BCUT2D eigenvalue weighted by molar-refractivity contribution is 0.924. The molecule has 102 valence electrons. The van der Waals surface area contributed by atoms with Gasteiger partial charge in [-0.25, -0.2) is 4.98 Å². The average molecular weight is 265 g/mol. The fourth-order valence-corrected chi connectivity index (χ4v) is 2.56. The Kier molecular flexibility index (Phi) is 3.28. The molecule has 0 radical (unpaired) electrons. The Balaban J connectivity index is 2.07. The molecule has 0 aliphatic heterocycles. The molecule has 2 N–H and O–H groups in total. The number of aryl methyl sites for hydroxylation is 2. The first-order valence-electron chi connectivity index (χ1n) is 6.90. The van der Waals surface area contributed by atoms with Crippen molar-refractivity contribution in [2.75, 3.05) is 0 Å². The van der Waals surface area contributed by atoms with Crippen molar-refractivity contribution in [1.29, 1.82) is 0 Å². The molecule has 0 aliphatic carbocycles. The lowest BCUT2D eigenvalue weighted by Gasteiger charge is -2.03. The van der Waals surface area contributed by atoms with Gasteiger partial charge in [-0.15, -0.1) is 0 Å². The summed E-state index contributed by atoms with van der Waals surface area (Å²) in [6.07, 6.45) is 2.87. The first-order chi connectivity index (χ1) is 9.69. The first-order valence-corrected chi connectivity index (χ1v) is 6.90. The molecule has 0 spiro atoms. The highest BCUT2D eigenvalue weighted by Gasteiger charge is 2.12. The number of imidazole rings is 1. The van der Waals surface area contributed by atoms with Crippen LogP contribution in [-0.4, -0.2) is 9.38 Å². The highest BCUT2D eigenvalue weighted by Crippen LogP contribution is 2.18. The molecule has 3 rings (SSSR count). The Morgan fingerprint density at radius 2 is 1.85 bits per heavy atom. The molecule has 1 aromatic carbocycles. The minimum absolute atomic E-state index is 0.506. The normalized spacial score (nSPS) is 11.2. The molecule has 0 amide bonds. The topological polar surface area (TPSA) is 43.3 Å². The summed E-state index contributed by atoms with van der Waals surface area (Å²) in [6, 6.07) is 12.7. The van der Waals surface area contributed by atoms with Gasteiger partial charge in [-0.3, -0.25) is 0 Å². The van der Waals surface area contributed by atoms with Crippen molar-refractivity contribution in [2.24, 2.45) is 5.73 Å². The smallest absolute Gasteiger partial charge is 0.140 e. The van der Waals surface area contributed by atoms with E-state index in [1.54, 1.807) is 0 Å². The zero-order valence-electron chi connectivity index (χ0n) is 11.9. The molecular weight excluding hydrogens is 246 g/mol. The van der Waals surface area contributed by atoms with E-state index in [0.717, 1.165) is 23.5 Å². The lowest BCUT2D eigenvalue weighted by atomic mass is 10.1. The number of fused-ring (bicyclic) bond motifs is 1. The summed E-state index contributed by atoms with van der Waals surface area (Å²) in [5.41, 5.74) is 12.8. The van der Waals surface area contributed by atoms with Gasteiger partial charge in [0.2, 0.25) is 0 Å². The predicted molar refractivity (Wildman–Crippen MR) is 81.8 cm³/mol. The SMILES string of the molecule is Cc1ccc(Cc2nc3c(C)cccn3c2CN)cc1. The number of hydrogen-bond donors (Lipinski definition) is 1. The summed E-state index contributed by atoms with van der Waals surface area (Å²) in [5, 5.41) is 0. The minimum atomic E-state index is 0.506. The molecule has 3 nitrogen and oxygen atoms in total. The third kappa shape index (κ3) is 2.21. The number of aromatic nitrogens is 2. The predicted octanol–water partition coefficient (Wildman–Crippen LogP) is 3.00. The zero-order valence-corrected chi connectivity index (χ0v) is 11.9. The van der Waals surface area contributed by atoms with Gasteiger partial charge >= 0.3 is 0 Å². The van der Waals surface area contributed by atoms with Crippen LogP contribution in [0.4, 0.5) is 0 Å². The third-order valence-electron chi connectivity index (χ3n) is 3.71. The molecule has 2 heterocycles. The van der Waals surface area contributed by atoms with Crippen molar-refractivity contribution in [3.63, 3.8) is 0 Å². The van der Waals surface area contributed by atoms with Gasteiger partial charge < -0.3 is 10.1 Å². The third-order valence-corrected chi connectivity index (χ3v) is 3.71. The molecule has 2 aromatic heterocycles. The van der Waals surface area contributed by atoms with E-state index in [2.05, 4.69) is 48.6 Å². The summed E-state index contributed by atoms with van der Waals surface area (Å²) >= 11 is 0. The quantitative estimate of drug-likeness (QED) is 0.791. The molecule has 3 aromatic rings. The van der Waals surface area contributed by atoms with Gasteiger partial charge in [0.15, 0.2) is 0 Å². The molecule has 3 heteroatoms. The molecule has 0 saturated heterocycles. The van der Waals surface area contributed by atoms with Gasteiger partial charge in [-0.1, -0.05) is 35.9 Å². The second kappa shape index (κ2) is 5.10. The monoisotopic (exact) mass is 265 g/mol. The van der Waals surface area contributed by atoms with Crippen LogP contribution in [0.25, 0.3) is 5.65 Å². The van der Waals surface area contributed by atoms with Crippen molar-refractivity contribution in [3.8, 4) is 0 Å². The average Bonchev–Trinajstić information content (AvgIpc) is 2.80. The number of hydrogen-bond acceptors (Lipinski definition) is 2. The molecule has 0 fully saturated rings. The van der Waals surface area contributed by atoms with Crippen molar-refractivity contribution in [2.45, 2.75) is 26.8 Å². The molecule has 20 heavy (non-hydrogen) atoms. The molecule has 0 aliphatic rings. The molecular formula is C17H19N3. The fourth-order valence-electron chi connectivity index (χ4n) is 2.56. The Morgan fingerprint density at radius 1 is 1.10 bits per heavy atom.